The number of hydrogen-bond acceptors (Lipinski definition) is 4. The lowest BCUT2D eigenvalue weighted by Gasteiger charge is -2.03. The number of carbonyl (C=O) groups is 1. The third kappa shape index (κ3) is 3.52. The fourth-order valence-electron chi connectivity index (χ4n) is 1.49. The second-order valence-corrected chi connectivity index (χ2v) is 6.91. The lowest BCUT2D eigenvalue weighted by atomic mass is 10.3. The molecule has 0 radical (unpaired) electrons. The number of ketones is 1. The van der Waals surface area contributed by atoms with Gasteiger partial charge in [0.25, 0.3) is 0 Å². The molecule has 1 unspecified atom stereocenters. The smallest absolute Gasteiger partial charge is 0.186 e. The molecule has 100 valence electrons. The van der Waals surface area contributed by atoms with Crippen molar-refractivity contribution in [1.82, 2.24) is 0 Å². The van der Waals surface area contributed by atoms with E-state index in [1.807, 2.05) is 11.4 Å². The molecule has 1 aromatic heterocycles. The van der Waals surface area contributed by atoms with E-state index in [0.29, 0.717) is 15.5 Å². The Morgan fingerprint density at radius 2 is 2.00 bits per heavy atom. The molecule has 3 nitrogen and oxygen atoms in total. The van der Waals surface area contributed by atoms with Gasteiger partial charge in [-0.3, -0.25) is 9.00 Å². The third-order valence-corrected chi connectivity index (χ3v) is 5.66. The van der Waals surface area contributed by atoms with Gasteiger partial charge in [-0.25, -0.2) is 0 Å². The Balaban J connectivity index is 2.08. The maximum atomic E-state index is 12.1. The summed E-state index contributed by atoms with van der Waals surface area (Å²) in [7, 11) is 0.237. The van der Waals surface area contributed by atoms with E-state index >= 15 is 0 Å². The Bertz CT molecular complexity index is 605. The minimum Gasteiger partial charge on any atom is -0.497 e. The van der Waals surface area contributed by atoms with Gasteiger partial charge in [0.15, 0.2) is 5.78 Å². The van der Waals surface area contributed by atoms with Gasteiger partial charge in [0.05, 0.1) is 28.5 Å². The Morgan fingerprint density at radius 3 is 2.53 bits per heavy atom. The van der Waals surface area contributed by atoms with Gasteiger partial charge in [-0.1, -0.05) is 0 Å². The Hall–Kier alpha value is -0.980. The van der Waals surface area contributed by atoms with Crippen LogP contribution < -0.4 is 4.74 Å². The van der Waals surface area contributed by atoms with Crippen LogP contribution in [-0.4, -0.2) is 22.9 Å². The van der Waals surface area contributed by atoms with Gasteiger partial charge >= 0.3 is 0 Å². The summed E-state index contributed by atoms with van der Waals surface area (Å²) in [5.74, 6) is 0.579. The molecular weight excluding hydrogens is 348 g/mol. The molecule has 2 rings (SSSR count). The Morgan fingerprint density at radius 1 is 1.32 bits per heavy atom. The van der Waals surface area contributed by atoms with Crippen LogP contribution in [0.3, 0.4) is 0 Å². The molecule has 1 aromatic carbocycles. The summed E-state index contributed by atoms with van der Waals surface area (Å²) in [6, 6.07) is 8.71. The van der Waals surface area contributed by atoms with Crippen LogP contribution in [0, 0.1) is 0 Å². The van der Waals surface area contributed by atoms with Gasteiger partial charge in [0.2, 0.25) is 0 Å². The molecule has 6 heteroatoms. The molecule has 0 aliphatic carbocycles. The predicted molar refractivity (Wildman–Crippen MR) is 80.6 cm³/mol. The number of Topliss-reactive ketones (excluding diaryl/α,β-unsaturated/α-hetero) is 1. The first-order valence-corrected chi connectivity index (χ1v) is 8.39. The second-order valence-electron chi connectivity index (χ2n) is 3.69. The Kier molecular flexibility index (Phi) is 4.90. The van der Waals surface area contributed by atoms with Crippen LogP contribution >= 0.6 is 27.3 Å². The normalized spacial score (nSPS) is 12.1. The number of thiophene rings is 1. The molecule has 0 saturated heterocycles. The van der Waals surface area contributed by atoms with Crippen LogP contribution in [0.5, 0.6) is 5.75 Å². The number of methoxy groups -OCH3 is 1. The van der Waals surface area contributed by atoms with Crippen molar-refractivity contribution in [2.75, 3.05) is 12.9 Å². The van der Waals surface area contributed by atoms with E-state index in [9.17, 15) is 9.00 Å². The molecule has 0 spiro atoms. The molecule has 1 heterocycles. The molecule has 0 aliphatic rings. The average Bonchev–Trinajstić information content (AvgIpc) is 2.85. The first-order valence-electron chi connectivity index (χ1n) is 5.40. The van der Waals surface area contributed by atoms with E-state index in [-0.39, 0.29) is 11.5 Å². The highest BCUT2D eigenvalue weighted by molar-refractivity contribution is 9.10. The van der Waals surface area contributed by atoms with E-state index in [0.717, 1.165) is 4.47 Å². The number of hydrogen-bond donors (Lipinski definition) is 0. The summed E-state index contributed by atoms with van der Waals surface area (Å²) < 4.78 is 17.9. The zero-order valence-corrected chi connectivity index (χ0v) is 13.3. The SMILES string of the molecule is COc1ccc(S(=O)CC(=O)c2sccc2Br)cc1. The van der Waals surface area contributed by atoms with Crippen molar-refractivity contribution in [1.29, 1.82) is 0 Å². The maximum Gasteiger partial charge on any atom is 0.186 e. The number of halogens is 1. The van der Waals surface area contributed by atoms with Crippen molar-refractivity contribution in [3.8, 4) is 5.75 Å². The molecule has 2 aromatic rings. The second kappa shape index (κ2) is 6.45. The molecule has 0 amide bonds. The number of benzene rings is 1. The largest absolute Gasteiger partial charge is 0.497 e. The van der Waals surface area contributed by atoms with E-state index in [1.54, 1.807) is 31.4 Å². The fraction of sp³-hybridized carbons (Fsp3) is 0.154. The zero-order chi connectivity index (χ0) is 13.8. The van der Waals surface area contributed by atoms with Crippen molar-refractivity contribution in [3.05, 3.63) is 45.1 Å². The monoisotopic (exact) mass is 358 g/mol. The molecule has 0 aliphatic heterocycles. The summed E-state index contributed by atoms with van der Waals surface area (Å²) in [5.41, 5.74) is 0. The predicted octanol–water partition coefficient (Wildman–Crippen LogP) is 3.51. The zero-order valence-electron chi connectivity index (χ0n) is 10.1. The Labute approximate surface area is 126 Å². The summed E-state index contributed by atoms with van der Waals surface area (Å²) in [6.07, 6.45) is 0. The van der Waals surface area contributed by atoms with Gasteiger partial charge in [-0.15, -0.1) is 11.3 Å². The van der Waals surface area contributed by atoms with E-state index in [2.05, 4.69) is 15.9 Å². The summed E-state index contributed by atoms with van der Waals surface area (Å²) in [5, 5.41) is 1.83. The van der Waals surface area contributed by atoms with Gasteiger partial charge in [0, 0.05) is 9.37 Å². The van der Waals surface area contributed by atoms with E-state index < -0.39 is 10.8 Å². The van der Waals surface area contributed by atoms with Crippen molar-refractivity contribution in [2.24, 2.45) is 0 Å². The molecule has 0 bridgehead atoms. The van der Waals surface area contributed by atoms with Gasteiger partial charge in [-0.05, 0) is 51.6 Å². The highest BCUT2D eigenvalue weighted by Gasteiger charge is 2.16. The lowest BCUT2D eigenvalue weighted by Crippen LogP contribution is -2.10. The highest BCUT2D eigenvalue weighted by Crippen LogP contribution is 2.24. The maximum absolute atomic E-state index is 12.1. The van der Waals surface area contributed by atoms with Crippen LogP contribution in [0.1, 0.15) is 9.67 Å². The quantitative estimate of drug-likeness (QED) is 0.768. The molecule has 1 atom stereocenters. The van der Waals surface area contributed by atoms with Gasteiger partial charge in [0.1, 0.15) is 5.75 Å². The van der Waals surface area contributed by atoms with E-state index in [4.69, 9.17) is 4.74 Å². The first-order chi connectivity index (χ1) is 9.11. The van der Waals surface area contributed by atoms with Gasteiger partial charge < -0.3 is 4.74 Å². The number of rotatable bonds is 5. The first kappa shape index (κ1) is 14.4. The van der Waals surface area contributed by atoms with Crippen LogP contribution in [0.15, 0.2) is 45.1 Å². The fourth-order valence-corrected chi connectivity index (χ4v) is 4.10. The molecule has 19 heavy (non-hydrogen) atoms. The minimum atomic E-state index is -1.34. The molecule has 0 fully saturated rings. The topological polar surface area (TPSA) is 43.4 Å². The summed E-state index contributed by atoms with van der Waals surface area (Å²) in [6.45, 7) is 0. The van der Waals surface area contributed by atoms with Crippen molar-refractivity contribution in [3.63, 3.8) is 0 Å². The minimum absolute atomic E-state index is 0.00849. The summed E-state index contributed by atoms with van der Waals surface area (Å²) >= 11 is 4.66. The highest BCUT2D eigenvalue weighted by atomic mass is 79.9. The molecular formula is C13H11BrO3S2. The van der Waals surface area contributed by atoms with Crippen molar-refractivity contribution >= 4 is 43.8 Å². The van der Waals surface area contributed by atoms with Crippen LogP contribution in [-0.2, 0) is 10.8 Å². The van der Waals surface area contributed by atoms with Crippen molar-refractivity contribution in [2.45, 2.75) is 4.90 Å². The third-order valence-electron chi connectivity index (χ3n) is 2.45. The van der Waals surface area contributed by atoms with Crippen LogP contribution in [0.4, 0.5) is 0 Å². The van der Waals surface area contributed by atoms with Crippen molar-refractivity contribution < 1.29 is 13.7 Å². The molecule has 0 N–H and O–H groups in total. The van der Waals surface area contributed by atoms with Crippen LogP contribution in [0.25, 0.3) is 0 Å². The molecule has 0 saturated carbocycles. The van der Waals surface area contributed by atoms with Crippen LogP contribution in [0.2, 0.25) is 0 Å². The average molecular weight is 359 g/mol. The number of carbonyl (C=O) groups excluding carboxylic acids is 1. The lowest BCUT2D eigenvalue weighted by molar-refractivity contribution is 0.102. The van der Waals surface area contributed by atoms with Gasteiger partial charge in [-0.2, -0.15) is 0 Å². The summed E-state index contributed by atoms with van der Waals surface area (Å²) in [4.78, 5) is 13.2. The number of ether oxygens (including phenoxy) is 1. The van der Waals surface area contributed by atoms with E-state index in [1.165, 1.54) is 11.3 Å². The standard InChI is InChI=1S/C13H11BrO3S2/c1-17-9-2-4-10(5-3-9)19(16)8-12(15)13-11(14)6-7-18-13/h2-7H,8H2,1H3.